The number of fused-ring (bicyclic) bond motifs is 1. The number of benzene rings is 1. The first-order valence-corrected chi connectivity index (χ1v) is 9.36. The molecule has 2 N–H and O–H groups in total. The number of anilines is 1. The Hall–Kier alpha value is -2.55. The summed E-state index contributed by atoms with van der Waals surface area (Å²) in [5.74, 6) is -3.50. The molecular formula is C19H18N2O5S. The van der Waals surface area contributed by atoms with E-state index in [1.54, 1.807) is 30.3 Å². The number of aliphatic hydroxyl groups excluding tert-OH is 1. The third-order valence-corrected chi connectivity index (χ3v) is 6.27. The topological polar surface area (TPSA) is 95.9 Å². The number of carbonyl (C=O) groups excluding carboxylic acids is 3. The lowest BCUT2D eigenvalue weighted by molar-refractivity contribution is -0.154. The lowest BCUT2D eigenvalue weighted by Gasteiger charge is -2.30. The van der Waals surface area contributed by atoms with Gasteiger partial charge in [0.15, 0.2) is 5.54 Å². The Bertz CT molecular complexity index is 885. The van der Waals surface area contributed by atoms with E-state index < -0.39 is 41.9 Å². The molecule has 27 heavy (non-hydrogen) atoms. The minimum absolute atomic E-state index is 0.388. The van der Waals surface area contributed by atoms with E-state index in [-0.39, 0.29) is 5.91 Å². The fourth-order valence-corrected chi connectivity index (χ4v) is 4.95. The van der Waals surface area contributed by atoms with E-state index in [4.69, 9.17) is 4.74 Å². The van der Waals surface area contributed by atoms with Gasteiger partial charge in [-0.1, -0.05) is 24.3 Å². The Kier molecular flexibility index (Phi) is 4.33. The van der Waals surface area contributed by atoms with Crippen LogP contribution in [-0.4, -0.2) is 42.1 Å². The smallest absolute Gasteiger partial charge is 0.329 e. The zero-order valence-electron chi connectivity index (χ0n) is 14.5. The molecule has 2 fully saturated rings. The van der Waals surface area contributed by atoms with Crippen LogP contribution in [0.2, 0.25) is 0 Å². The molecule has 4 atom stereocenters. The lowest BCUT2D eigenvalue weighted by Crippen LogP contribution is -2.58. The third kappa shape index (κ3) is 2.44. The van der Waals surface area contributed by atoms with Crippen LogP contribution in [0.5, 0.6) is 0 Å². The molecule has 1 aromatic carbocycles. The van der Waals surface area contributed by atoms with Crippen LogP contribution in [-0.2, 0) is 19.1 Å². The van der Waals surface area contributed by atoms with Crippen LogP contribution >= 0.6 is 11.3 Å². The number of hydrogen-bond donors (Lipinski definition) is 2. The Morgan fingerprint density at radius 3 is 2.56 bits per heavy atom. The quantitative estimate of drug-likeness (QED) is 0.604. The summed E-state index contributed by atoms with van der Waals surface area (Å²) in [5.41, 5.74) is -1.21. The largest absolute Gasteiger partial charge is 0.468 e. The Morgan fingerprint density at radius 2 is 1.96 bits per heavy atom. The first-order chi connectivity index (χ1) is 13.0. The number of rotatable bonds is 4. The maximum atomic E-state index is 13.3. The van der Waals surface area contributed by atoms with Crippen molar-refractivity contribution in [3.05, 3.63) is 52.7 Å². The molecular weight excluding hydrogens is 368 g/mol. The van der Waals surface area contributed by atoms with Crippen molar-refractivity contribution in [2.75, 3.05) is 18.6 Å². The highest BCUT2D eigenvalue weighted by Crippen LogP contribution is 2.50. The summed E-state index contributed by atoms with van der Waals surface area (Å²) in [7, 11) is 1.20. The van der Waals surface area contributed by atoms with Crippen LogP contribution in [0.3, 0.4) is 0 Å². The highest BCUT2D eigenvalue weighted by Gasteiger charge is 2.69. The maximum absolute atomic E-state index is 13.3. The van der Waals surface area contributed by atoms with Crippen LogP contribution in [0.15, 0.2) is 47.8 Å². The van der Waals surface area contributed by atoms with E-state index in [0.29, 0.717) is 5.69 Å². The first-order valence-electron chi connectivity index (χ1n) is 8.48. The summed E-state index contributed by atoms with van der Waals surface area (Å²) in [6.07, 6.45) is 0. The molecule has 1 aromatic heterocycles. The predicted octanol–water partition coefficient (Wildman–Crippen LogP) is 1.10. The van der Waals surface area contributed by atoms with E-state index in [1.807, 2.05) is 17.5 Å². The van der Waals surface area contributed by atoms with Crippen LogP contribution in [0.4, 0.5) is 5.69 Å². The van der Waals surface area contributed by atoms with Gasteiger partial charge < -0.3 is 9.84 Å². The molecule has 2 amide bonds. The molecule has 3 heterocycles. The minimum atomic E-state index is -1.66. The fourth-order valence-electron chi connectivity index (χ4n) is 4.13. The van der Waals surface area contributed by atoms with Crippen molar-refractivity contribution in [1.82, 2.24) is 5.32 Å². The van der Waals surface area contributed by atoms with E-state index >= 15 is 0 Å². The minimum Gasteiger partial charge on any atom is -0.468 e. The van der Waals surface area contributed by atoms with Crippen molar-refractivity contribution >= 4 is 34.8 Å². The zero-order valence-corrected chi connectivity index (χ0v) is 15.3. The highest BCUT2D eigenvalue weighted by atomic mass is 32.1. The van der Waals surface area contributed by atoms with Crippen molar-refractivity contribution in [1.29, 1.82) is 0 Å². The number of para-hydroxylation sites is 1. The molecule has 2 aliphatic rings. The number of esters is 1. The Labute approximate surface area is 159 Å². The maximum Gasteiger partial charge on any atom is 0.329 e. The molecule has 0 aliphatic carbocycles. The highest BCUT2D eigenvalue weighted by molar-refractivity contribution is 7.10. The fraction of sp³-hybridized carbons (Fsp3) is 0.316. The standard InChI is InChI=1S/C19H18N2O5S/c1-26-18(25)19(10-22)14-13(15(20-19)12-8-5-9-27-12)16(23)21(17(14)24)11-6-3-2-4-7-11/h2-9,13-15,20,22H,10H2,1H3/t13-,14+,15-,19+/m0/s1. The molecule has 0 saturated carbocycles. The number of carbonyl (C=O) groups is 3. The van der Waals surface area contributed by atoms with Gasteiger partial charge in [-0.3, -0.25) is 14.9 Å². The molecule has 140 valence electrons. The van der Waals surface area contributed by atoms with Gasteiger partial charge in [0.1, 0.15) is 0 Å². The van der Waals surface area contributed by atoms with Crippen molar-refractivity contribution < 1.29 is 24.2 Å². The zero-order chi connectivity index (χ0) is 19.2. The number of methoxy groups -OCH3 is 1. The third-order valence-electron chi connectivity index (χ3n) is 5.32. The number of amides is 2. The number of thiophene rings is 1. The summed E-state index contributed by atoms with van der Waals surface area (Å²) in [6.45, 7) is -0.648. The summed E-state index contributed by atoms with van der Waals surface area (Å²) in [4.78, 5) is 41.0. The second-order valence-electron chi connectivity index (χ2n) is 6.61. The van der Waals surface area contributed by atoms with Gasteiger partial charge in [-0.25, -0.2) is 9.69 Å². The summed E-state index contributed by atoms with van der Waals surface area (Å²) in [5, 5.41) is 15.0. The van der Waals surface area contributed by atoms with Gasteiger partial charge in [-0.15, -0.1) is 11.3 Å². The van der Waals surface area contributed by atoms with Gasteiger partial charge in [0.2, 0.25) is 11.8 Å². The average molecular weight is 386 g/mol. The van der Waals surface area contributed by atoms with Crippen LogP contribution < -0.4 is 10.2 Å². The number of nitrogens with zero attached hydrogens (tertiary/aromatic N) is 1. The van der Waals surface area contributed by atoms with Gasteiger partial charge in [0.05, 0.1) is 37.3 Å². The van der Waals surface area contributed by atoms with Crippen molar-refractivity contribution in [3.8, 4) is 0 Å². The average Bonchev–Trinajstić information content (AvgIpc) is 3.39. The van der Waals surface area contributed by atoms with Crippen LogP contribution in [0.25, 0.3) is 0 Å². The van der Waals surface area contributed by atoms with E-state index in [1.165, 1.54) is 18.4 Å². The van der Waals surface area contributed by atoms with Gasteiger partial charge in [-0.2, -0.15) is 0 Å². The molecule has 8 heteroatoms. The summed E-state index contributed by atoms with van der Waals surface area (Å²) in [6, 6.07) is 11.7. The second kappa shape index (κ2) is 6.56. The van der Waals surface area contributed by atoms with E-state index in [9.17, 15) is 19.5 Å². The van der Waals surface area contributed by atoms with Crippen molar-refractivity contribution in [2.45, 2.75) is 11.6 Å². The number of nitrogens with one attached hydrogen (secondary N) is 1. The van der Waals surface area contributed by atoms with Crippen molar-refractivity contribution in [3.63, 3.8) is 0 Å². The molecule has 7 nitrogen and oxygen atoms in total. The summed E-state index contributed by atoms with van der Waals surface area (Å²) < 4.78 is 4.89. The van der Waals surface area contributed by atoms with Crippen molar-refractivity contribution in [2.24, 2.45) is 11.8 Å². The lowest BCUT2D eigenvalue weighted by atomic mass is 9.80. The van der Waals surface area contributed by atoms with Crippen LogP contribution in [0, 0.1) is 11.8 Å². The number of aliphatic hydroxyl groups is 1. The number of hydrogen-bond acceptors (Lipinski definition) is 7. The van der Waals surface area contributed by atoms with Crippen LogP contribution in [0.1, 0.15) is 10.9 Å². The first kappa shape index (κ1) is 17.8. The Morgan fingerprint density at radius 1 is 1.22 bits per heavy atom. The molecule has 2 aliphatic heterocycles. The molecule has 2 saturated heterocycles. The SMILES string of the molecule is COC(=O)[C@]1(CO)N[C@@H](c2cccs2)[C@H]2C(=O)N(c3ccccc3)C(=O)[C@@H]21. The van der Waals surface area contributed by atoms with Gasteiger partial charge in [0.25, 0.3) is 0 Å². The molecule has 0 bridgehead atoms. The van der Waals surface area contributed by atoms with Gasteiger partial charge in [0, 0.05) is 4.88 Å². The number of imide groups is 1. The molecule has 4 rings (SSSR count). The monoisotopic (exact) mass is 386 g/mol. The van der Waals surface area contributed by atoms with E-state index in [2.05, 4.69) is 5.32 Å². The molecule has 0 radical (unpaired) electrons. The number of ether oxygens (including phenoxy) is 1. The van der Waals surface area contributed by atoms with Gasteiger partial charge in [-0.05, 0) is 23.6 Å². The van der Waals surface area contributed by atoms with Gasteiger partial charge >= 0.3 is 5.97 Å². The molecule has 0 spiro atoms. The summed E-state index contributed by atoms with van der Waals surface area (Å²) >= 11 is 1.42. The molecule has 2 aromatic rings. The molecule has 0 unspecified atom stereocenters. The van der Waals surface area contributed by atoms with E-state index in [0.717, 1.165) is 9.78 Å². The Balaban J connectivity index is 1.85. The normalized spacial score (nSPS) is 29.9. The second-order valence-corrected chi connectivity index (χ2v) is 7.59. The predicted molar refractivity (Wildman–Crippen MR) is 97.9 cm³/mol.